The fraction of sp³-hybridized carbons (Fsp3) is 0.565. The Morgan fingerprint density at radius 1 is 1.18 bits per heavy atom. The predicted molar refractivity (Wildman–Crippen MR) is 121 cm³/mol. The number of nitrogens with zero attached hydrogens (tertiary/aromatic N) is 1. The molecule has 2 heterocycles. The van der Waals surface area contributed by atoms with Gasteiger partial charge in [-0.25, -0.2) is 9.59 Å². The van der Waals surface area contributed by atoms with Crippen molar-refractivity contribution < 1.29 is 33.3 Å². The van der Waals surface area contributed by atoms with Crippen molar-refractivity contribution in [2.24, 2.45) is 0 Å². The first kappa shape index (κ1) is 25.0. The maximum absolute atomic E-state index is 12.0. The van der Waals surface area contributed by atoms with Gasteiger partial charge in [0.1, 0.15) is 25.2 Å². The van der Waals surface area contributed by atoms with Gasteiger partial charge >= 0.3 is 12.0 Å². The molecule has 1 aromatic rings. The molecule has 2 fully saturated rings. The zero-order valence-electron chi connectivity index (χ0n) is 19.2. The van der Waals surface area contributed by atoms with E-state index in [1.54, 1.807) is 11.0 Å². The number of morpholine rings is 1. The van der Waals surface area contributed by atoms with Crippen LogP contribution in [0.15, 0.2) is 30.3 Å². The molecule has 182 valence electrons. The SMILES string of the molecule is CC1(C)OC[C@@H](COC(=O)/C=C\c2ccc(OCNCCNC(=O)N3CCOCC3)cc2)O1. The molecular weight excluding hydrogens is 430 g/mol. The van der Waals surface area contributed by atoms with Gasteiger partial charge in [-0.1, -0.05) is 12.1 Å². The maximum Gasteiger partial charge on any atom is 0.330 e. The van der Waals surface area contributed by atoms with Gasteiger partial charge in [-0.3, -0.25) is 5.32 Å². The lowest BCUT2D eigenvalue weighted by atomic mass is 10.2. The van der Waals surface area contributed by atoms with E-state index in [0.29, 0.717) is 58.5 Å². The third-order valence-electron chi connectivity index (χ3n) is 4.99. The highest BCUT2D eigenvalue weighted by Gasteiger charge is 2.33. The van der Waals surface area contributed by atoms with Crippen LogP contribution in [0.3, 0.4) is 0 Å². The van der Waals surface area contributed by atoms with E-state index in [1.807, 2.05) is 38.1 Å². The van der Waals surface area contributed by atoms with Gasteiger partial charge in [0, 0.05) is 32.3 Å². The minimum Gasteiger partial charge on any atom is -0.478 e. The van der Waals surface area contributed by atoms with Crippen LogP contribution in [0.4, 0.5) is 4.79 Å². The molecule has 0 unspecified atom stereocenters. The second-order valence-electron chi connectivity index (χ2n) is 8.10. The van der Waals surface area contributed by atoms with E-state index in [0.717, 1.165) is 5.56 Å². The molecule has 2 amide bonds. The highest BCUT2D eigenvalue weighted by molar-refractivity contribution is 5.87. The van der Waals surface area contributed by atoms with Crippen LogP contribution < -0.4 is 15.4 Å². The van der Waals surface area contributed by atoms with E-state index in [2.05, 4.69) is 10.6 Å². The number of ether oxygens (including phenoxy) is 5. The summed E-state index contributed by atoms with van der Waals surface area (Å²) in [5, 5.41) is 5.98. The van der Waals surface area contributed by atoms with Crippen molar-refractivity contribution in [3.8, 4) is 5.75 Å². The molecule has 0 radical (unpaired) electrons. The number of hydrogen-bond donors (Lipinski definition) is 2. The fourth-order valence-corrected chi connectivity index (χ4v) is 3.25. The van der Waals surface area contributed by atoms with Crippen molar-refractivity contribution in [3.05, 3.63) is 35.9 Å². The van der Waals surface area contributed by atoms with Crippen molar-refractivity contribution in [1.29, 1.82) is 0 Å². The van der Waals surface area contributed by atoms with Crippen molar-refractivity contribution in [2.45, 2.75) is 25.7 Å². The highest BCUT2D eigenvalue weighted by Crippen LogP contribution is 2.22. The van der Waals surface area contributed by atoms with Crippen molar-refractivity contribution in [1.82, 2.24) is 15.5 Å². The zero-order valence-corrected chi connectivity index (χ0v) is 19.2. The van der Waals surface area contributed by atoms with Gasteiger partial charge in [-0.2, -0.15) is 0 Å². The number of esters is 1. The fourth-order valence-electron chi connectivity index (χ4n) is 3.25. The molecule has 0 spiro atoms. The number of carbonyl (C=O) groups is 2. The molecule has 2 N–H and O–H groups in total. The number of urea groups is 1. The summed E-state index contributed by atoms with van der Waals surface area (Å²) in [4.78, 5) is 25.6. The average Bonchev–Trinajstić information content (AvgIpc) is 3.18. The van der Waals surface area contributed by atoms with Gasteiger partial charge in [-0.05, 0) is 37.6 Å². The number of benzene rings is 1. The number of amides is 2. The minimum absolute atomic E-state index is 0.0709. The van der Waals surface area contributed by atoms with Crippen molar-refractivity contribution in [3.63, 3.8) is 0 Å². The van der Waals surface area contributed by atoms with Gasteiger partial charge in [0.15, 0.2) is 5.79 Å². The molecule has 10 heteroatoms. The molecule has 2 saturated heterocycles. The van der Waals surface area contributed by atoms with Gasteiger partial charge in [0.2, 0.25) is 0 Å². The highest BCUT2D eigenvalue weighted by atomic mass is 16.7. The summed E-state index contributed by atoms with van der Waals surface area (Å²) in [6.07, 6.45) is 2.81. The van der Waals surface area contributed by atoms with Gasteiger partial charge in [0.25, 0.3) is 0 Å². The van der Waals surface area contributed by atoms with Crippen LogP contribution in [0.2, 0.25) is 0 Å². The Kier molecular flexibility index (Phi) is 9.49. The Morgan fingerprint density at radius 2 is 1.94 bits per heavy atom. The summed E-state index contributed by atoms with van der Waals surface area (Å²) in [5.41, 5.74) is 0.847. The third-order valence-corrected chi connectivity index (χ3v) is 4.99. The number of hydrogen-bond acceptors (Lipinski definition) is 8. The summed E-state index contributed by atoms with van der Waals surface area (Å²) >= 11 is 0. The predicted octanol–water partition coefficient (Wildman–Crippen LogP) is 1.36. The van der Waals surface area contributed by atoms with Gasteiger partial charge < -0.3 is 33.9 Å². The van der Waals surface area contributed by atoms with Gasteiger partial charge in [0.05, 0.1) is 19.8 Å². The minimum atomic E-state index is -0.634. The molecule has 33 heavy (non-hydrogen) atoms. The molecule has 2 aliphatic rings. The summed E-state index contributed by atoms with van der Waals surface area (Å²) < 4.78 is 27.1. The quantitative estimate of drug-likeness (QED) is 0.232. The summed E-state index contributed by atoms with van der Waals surface area (Å²) in [6.45, 7) is 8.05. The lowest BCUT2D eigenvalue weighted by Gasteiger charge is -2.26. The Bertz CT molecular complexity index is 792. The zero-order chi connectivity index (χ0) is 23.5. The van der Waals surface area contributed by atoms with E-state index in [4.69, 9.17) is 23.7 Å². The molecule has 1 atom stereocenters. The standard InChI is InChI=1S/C23H33N3O7/c1-23(2)32-16-20(33-23)15-30-21(27)8-5-18-3-6-19(7-4-18)31-17-24-9-10-25-22(28)26-11-13-29-14-12-26/h3-8,20,24H,9-17H2,1-2H3,(H,25,28)/b8-5-/t20-/m1/s1. The summed E-state index contributed by atoms with van der Waals surface area (Å²) in [7, 11) is 0. The Labute approximate surface area is 194 Å². The molecule has 0 aromatic heterocycles. The van der Waals surface area contributed by atoms with Crippen molar-refractivity contribution in [2.75, 3.05) is 59.3 Å². The smallest absolute Gasteiger partial charge is 0.330 e. The number of carbonyl (C=O) groups excluding carboxylic acids is 2. The van der Waals surface area contributed by atoms with Crippen LogP contribution in [0, 0.1) is 0 Å². The molecule has 0 aliphatic carbocycles. The number of nitrogens with one attached hydrogen (secondary N) is 2. The Hall–Kier alpha value is -2.66. The first-order valence-corrected chi connectivity index (χ1v) is 11.1. The molecule has 3 rings (SSSR count). The molecule has 10 nitrogen and oxygen atoms in total. The van der Waals surface area contributed by atoms with Crippen LogP contribution in [0.5, 0.6) is 5.75 Å². The Morgan fingerprint density at radius 3 is 2.64 bits per heavy atom. The first-order valence-electron chi connectivity index (χ1n) is 11.1. The molecule has 0 saturated carbocycles. The topological polar surface area (TPSA) is 108 Å². The van der Waals surface area contributed by atoms with E-state index < -0.39 is 11.8 Å². The normalized spacial score (nSPS) is 20.1. The largest absolute Gasteiger partial charge is 0.478 e. The average molecular weight is 464 g/mol. The molecule has 2 aliphatic heterocycles. The van der Waals surface area contributed by atoms with Crippen LogP contribution in [-0.4, -0.2) is 88.1 Å². The van der Waals surface area contributed by atoms with Gasteiger partial charge in [-0.15, -0.1) is 0 Å². The van der Waals surface area contributed by atoms with E-state index in [9.17, 15) is 9.59 Å². The maximum atomic E-state index is 12.0. The van der Waals surface area contributed by atoms with E-state index in [-0.39, 0.29) is 18.7 Å². The van der Waals surface area contributed by atoms with Crippen LogP contribution in [0.1, 0.15) is 19.4 Å². The van der Waals surface area contributed by atoms with Crippen LogP contribution in [0.25, 0.3) is 6.08 Å². The monoisotopic (exact) mass is 463 g/mol. The number of rotatable bonds is 10. The summed E-state index contributed by atoms with van der Waals surface area (Å²) in [6, 6.07) is 7.26. The third kappa shape index (κ3) is 9.01. The van der Waals surface area contributed by atoms with Crippen LogP contribution in [-0.2, 0) is 23.7 Å². The molecule has 0 bridgehead atoms. The molecule has 1 aromatic carbocycles. The lowest BCUT2D eigenvalue weighted by molar-refractivity contribution is -0.154. The van der Waals surface area contributed by atoms with E-state index >= 15 is 0 Å². The van der Waals surface area contributed by atoms with Crippen molar-refractivity contribution >= 4 is 18.1 Å². The summed E-state index contributed by atoms with van der Waals surface area (Å²) in [5.74, 6) is -0.375. The van der Waals surface area contributed by atoms with Crippen LogP contribution >= 0.6 is 0 Å². The first-order chi connectivity index (χ1) is 15.9. The van der Waals surface area contributed by atoms with E-state index in [1.165, 1.54) is 6.08 Å². The second kappa shape index (κ2) is 12.5. The lowest BCUT2D eigenvalue weighted by Crippen LogP contribution is -2.47. The Balaban J connectivity index is 1.26. The molecular formula is C23H33N3O7. The second-order valence-corrected chi connectivity index (χ2v) is 8.10.